The van der Waals surface area contributed by atoms with Crippen molar-refractivity contribution in [3.8, 4) is 0 Å². The molecular weight excluding hydrogens is 319 g/mol. The van der Waals surface area contributed by atoms with Crippen LogP contribution in [0.25, 0.3) is 0 Å². The van der Waals surface area contributed by atoms with E-state index in [2.05, 4.69) is 0 Å². The van der Waals surface area contributed by atoms with Crippen LogP contribution in [0.2, 0.25) is 0 Å². The summed E-state index contributed by atoms with van der Waals surface area (Å²) in [5.41, 5.74) is 0.968. The van der Waals surface area contributed by atoms with E-state index < -0.39 is 40.2 Å². The average molecular weight is 338 g/mol. The minimum absolute atomic E-state index is 0.103. The van der Waals surface area contributed by atoms with Gasteiger partial charge in [0, 0.05) is 6.00 Å². The third-order valence-electron chi connectivity index (χ3n) is 3.88. The number of hydrogen-bond acceptors (Lipinski definition) is 6. The topological polar surface area (TPSA) is 71.1 Å². The lowest BCUT2D eigenvalue weighted by Crippen LogP contribution is -2.33. The van der Waals surface area contributed by atoms with Gasteiger partial charge in [-0.05, 0) is 32.9 Å². The van der Waals surface area contributed by atoms with E-state index in [-0.39, 0.29) is 11.5 Å². The van der Waals surface area contributed by atoms with E-state index in [1.807, 2.05) is 6.92 Å². The van der Waals surface area contributed by atoms with Crippen molar-refractivity contribution in [2.45, 2.75) is 55.8 Å². The summed E-state index contributed by atoms with van der Waals surface area (Å²) in [5, 5.41) is 0. The second kappa shape index (κ2) is 5.86. The fourth-order valence-electron chi connectivity index (χ4n) is 2.78. The van der Waals surface area contributed by atoms with Gasteiger partial charge in [0.15, 0.2) is 5.79 Å². The molecule has 4 atom stereocenters. The van der Waals surface area contributed by atoms with Crippen molar-refractivity contribution >= 4 is 18.0 Å². The molecule has 0 N–H and O–H groups in total. The van der Waals surface area contributed by atoms with Gasteiger partial charge in [-0.2, -0.15) is 8.42 Å². The maximum Gasteiger partial charge on any atom is 0.297 e. The van der Waals surface area contributed by atoms with E-state index >= 15 is 0 Å². The van der Waals surface area contributed by atoms with Gasteiger partial charge in [-0.1, -0.05) is 17.7 Å². The van der Waals surface area contributed by atoms with Gasteiger partial charge < -0.3 is 14.2 Å². The predicted molar refractivity (Wildman–Crippen MR) is 82.6 cm³/mol. The Balaban J connectivity index is 1.67. The molecular formula is C15H19BO6S. The molecule has 2 radical (unpaired) electrons. The van der Waals surface area contributed by atoms with Gasteiger partial charge in [-0.25, -0.2) is 0 Å². The van der Waals surface area contributed by atoms with E-state index in [1.165, 1.54) is 12.1 Å². The molecule has 124 valence electrons. The SMILES string of the molecule is [B][C@@H]1O[C@H](COS(=O)(=O)c2ccc(C)cc2)C2OC(C)(C)OC21. The van der Waals surface area contributed by atoms with Crippen molar-refractivity contribution in [3.05, 3.63) is 29.8 Å². The van der Waals surface area contributed by atoms with Gasteiger partial charge in [0.05, 0.1) is 11.5 Å². The first-order chi connectivity index (χ1) is 10.7. The molecule has 2 aliphatic rings. The third-order valence-corrected chi connectivity index (χ3v) is 5.18. The molecule has 0 aliphatic carbocycles. The lowest BCUT2D eigenvalue weighted by atomic mass is 9.93. The molecule has 0 bridgehead atoms. The van der Waals surface area contributed by atoms with Crippen LogP contribution in [0.1, 0.15) is 19.4 Å². The van der Waals surface area contributed by atoms with Crippen molar-refractivity contribution in [2.24, 2.45) is 0 Å². The summed E-state index contributed by atoms with van der Waals surface area (Å²) in [6.45, 7) is 5.26. The minimum atomic E-state index is -3.86. The van der Waals surface area contributed by atoms with Gasteiger partial charge in [0.2, 0.25) is 0 Å². The molecule has 2 unspecified atom stereocenters. The highest BCUT2D eigenvalue weighted by molar-refractivity contribution is 7.86. The monoisotopic (exact) mass is 338 g/mol. The molecule has 8 heteroatoms. The van der Waals surface area contributed by atoms with Crippen molar-refractivity contribution in [1.82, 2.24) is 0 Å². The molecule has 0 aromatic heterocycles. The van der Waals surface area contributed by atoms with Crippen molar-refractivity contribution in [3.63, 3.8) is 0 Å². The van der Waals surface area contributed by atoms with E-state index in [0.29, 0.717) is 0 Å². The maximum absolute atomic E-state index is 12.2. The molecule has 1 aromatic rings. The second-order valence-electron chi connectivity index (χ2n) is 6.26. The Morgan fingerprint density at radius 1 is 1.17 bits per heavy atom. The number of aryl methyl sites for hydroxylation is 1. The molecule has 6 nitrogen and oxygen atoms in total. The van der Waals surface area contributed by atoms with Crippen LogP contribution in [0.4, 0.5) is 0 Å². The molecule has 2 fully saturated rings. The molecule has 2 heterocycles. The maximum atomic E-state index is 12.2. The zero-order chi connectivity index (χ0) is 16.8. The summed E-state index contributed by atoms with van der Waals surface area (Å²) in [7, 11) is 2.01. The van der Waals surface area contributed by atoms with Crippen LogP contribution in [0, 0.1) is 6.92 Å². The minimum Gasteiger partial charge on any atom is -0.377 e. The molecule has 0 saturated carbocycles. The first-order valence-corrected chi connectivity index (χ1v) is 8.82. The van der Waals surface area contributed by atoms with E-state index in [0.717, 1.165) is 5.56 Å². The van der Waals surface area contributed by atoms with Gasteiger partial charge in [-0.15, -0.1) is 0 Å². The predicted octanol–water partition coefficient (Wildman–Crippen LogP) is 1.11. The van der Waals surface area contributed by atoms with Gasteiger partial charge in [-0.3, -0.25) is 4.18 Å². The van der Waals surface area contributed by atoms with E-state index in [9.17, 15) is 8.42 Å². The van der Waals surface area contributed by atoms with Gasteiger partial charge >= 0.3 is 0 Å². The zero-order valence-electron chi connectivity index (χ0n) is 13.3. The molecule has 2 aliphatic heterocycles. The summed E-state index contributed by atoms with van der Waals surface area (Å²) in [6, 6.07) is 5.77. The first-order valence-electron chi connectivity index (χ1n) is 7.41. The van der Waals surface area contributed by atoms with E-state index in [4.69, 9.17) is 26.2 Å². The van der Waals surface area contributed by atoms with Crippen molar-refractivity contribution < 1.29 is 26.8 Å². The Morgan fingerprint density at radius 3 is 2.43 bits per heavy atom. The highest BCUT2D eigenvalue weighted by Crippen LogP contribution is 2.38. The largest absolute Gasteiger partial charge is 0.377 e. The smallest absolute Gasteiger partial charge is 0.297 e. The molecule has 0 amide bonds. The standard InChI is InChI=1S/C15H19BO6S/c1-9-4-6-10(7-5-9)23(17,18)19-8-11-12-13(14(16)20-11)22-15(2,3)21-12/h4-7,11-14H,8H2,1-3H3/t11-,12?,13?,14-/m1/s1. The molecule has 0 spiro atoms. The second-order valence-corrected chi connectivity index (χ2v) is 7.87. The Bertz CT molecular complexity index is 672. The molecule has 23 heavy (non-hydrogen) atoms. The number of fused-ring (bicyclic) bond motifs is 1. The number of rotatable bonds is 4. The first kappa shape index (κ1) is 16.9. The quantitative estimate of drug-likeness (QED) is 0.605. The van der Waals surface area contributed by atoms with Gasteiger partial charge in [0.25, 0.3) is 10.1 Å². The van der Waals surface area contributed by atoms with E-state index in [1.54, 1.807) is 26.0 Å². The molecule has 1 aromatic carbocycles. The normalized spacial score (nSPS) is 32.8. The van der Waals surface area contributed by atoms with Crippen LogP contribution in [-0.2, 0) is 28.5 Å². The van der Waals surface area contributed by atoms with Crippen LogP contribution in [0.3, 0.4) is 0 Å². The third kappa shape index (κ3) is 3.46. The zero-order valence-corrected chi connectivity index (χ0v) is 14.1. The van der Waals surface area contributed by atoms with Gasteiger partial charge in [0.1, 0.15) is 26.2 Å². The molecule has 2 saturated heterocycles. The van der Waals surface area contributed by atoms with Crippen LogP contribution in [0.5, 0.6) is 0 Å². The number of benzene rings is 1. The summed E-state index contributed by atoms with van der Waals surface area (Å²) in [4.78, 5) is 0.103. The van der Waals surface area contributed by atoms with Crippen LogP contribution < -0.4 is 0 Å². The summed E-state index contributed by atoms with van der Waals surface area (Å²) in [6.07, 6.45) is -1.48. The van der Waals surface area contributed by atoms with Crippen molar-refractivity contribution in [2.75, 3.05) is 6.61 Å². The lowest BCUT2D eigenvalue weighted by molar-refractivity contribution is -0.181. The Hall–Kier alpha value is -0.925. The highest BCUT2D eigenvalue weighted by atomic mass is 32.2. The fourth-order valence-corrected chi connectivity index (χ4v) is 3.70. The number of hydrogen-bond donors (Lipinski definition) is 0. The highest BCUT2D eigenvalue weighted by Gasteiger charge is 2.53. The Labute approximate surface area is 137 Å². The van der Waals surface area contributed by atoms with Crippen LogP contribution >= 0.6 is 0 Å². The summed E-state index contributed by atoms with van der Waals surface area (Å²) in [5.74, 6) is -0.773. The Morgan fingerprint density at radius 2 is 1.78 bits per heavy atom. The average Bonchev–Trinajstić information content (AvgIpc) is 2.92. The lowest BCUT2D eigenvalue weighted by Gasteiger charge is -2.23. The van der Waals surface area contributed by atoms with Crippen molar-refractivity contribution in [1.29, 1.82) is 0 Å². The number of ether oxygens (including phenoxy) is 3. The van der Waals surface area contributed by atoms with Crippen LogP contribution in [-0.4, -0.2) is 53.0 Å². The summed E-state index contributed by atoms with van der Waals surface area (Å²) >= 11 is 0. The fraction of sp³-hybridized carbons (Fsp3) is 0.600. The molecule has 3 rings (SSSR count). The summed E-state index contributed by atoms with van der Waals surface area (Å²) < 4.78 is 46.5. The Kier molecular flexibility index (Phi) is 4.31. The van der Waals surface area contributed by atoms with Crippen LogP contribution in [0.15, 0.2) is 29.2 Å².